The van der Waals surface area contributed by atoms with Crippen molar-refractivity contribution in [1.29, 1.82) is 0 Å². The van der Waals surface area contributed by atoms with Gasteiger partial charge in [0.1, 0.15) is 0 Å². The highest BCUT2D eigenvalue weighted by molar-refractivity contribution is 7.91. The van der Waals surface area contributed by atoms with Gasteiger partial charge < -0.3 is 10.2 Å². The van der Waals surface area contributed by atoms with Crippen molar-refractivity contribution in [2.75, 3.05) is 37.7 Å². The summed E-state index contributed by atoms with van der Waals surface area (Å²) in [6.45, 7) is 2.69. The Morgan fingerprint density at radius 1 is 1.18 bits per heavy atom. The molecule has 5 nitrogen and oxygen atoms in total. The molecule has 0 unspecified atom stereocenters. The lowest BCUT2D eigenvalue weighted by Crippen LogP contribution is -2.44. The van der Waals surface area contributed by atoms with E-state index in [1.165, 1.54) is 0 Å². The van der Waals surface area contributed by atoms with Crippen LogP contribution in [0.4, 0.5) is 0 Å². The van der Waals surface area contributed by atoms with Crippen LogP contribution >= 0.6 is 0 Å². The van der Waals surface area contributed by atoms with E-state index in [4.69, 9.17) is 0 Å². The van der Waals surface area contributed by atoms with E-state index < -0.39 is 9.84 Å². The first-order valence-corrected chi connectivity index (χ1v) is 8.10. The normalized spacial score (nSPS) is 29.6. The van der Waals surface area contributed by atoms with Gasteiger partial charge in [0.2, 0.25) is 5.91 Å². The summed E-state index contributed by atoms with van der Waals surface area (Å²) in [5.41, 5.74) is 0. The molecule has 2 heterocycles. The second-order valence-corrected chi connectivity index (χ2v) is 7.18. The average molecular weight is 260 g/mol. The monoisotopic (exact) mass is 260 g/mol. The molecule has 6 heteroatoms. The van der Waals surface area contributed by atoms with E-state index in [1.807, 2.05) is 0 Å². The first kappa shape index (κ1) is 12.8. The largest absolute Gasteiger partial charge is 0.341 e. The van der Waals surface area contributed by atoms with Gasteiger partial charge in [-0.1, -0.05) is 0 Å². The van der Waals surface area contributed by atoms with Crippen molar-refractivity contribution in [2.45, 2.75) is 19.3 Å². The van der Waals surface area contributed by atoms with E-state index in [0.29, 0.717) is 19.5 Å². The van der Waals surface area contributed by atoms with Crippen LogP contribution < -0.4 is 5.32 Å². The lowest BCUT2D eigenvalue weighted by molar-refractivity contribution is -0.135. The average Bonchev–Trinajstić information content (AvgIpc) is 2.50. The first-order chi connectivity index (χ1) is 8.08. The number of hydrogen-bond acceptors (Lipinski definition) is 4. The van der Waals surface area contributed by atoms with Crippen LogP contribution in [-0.4, -0.2) is 56.9 Å². The van der Waals surface area contributed by atoms with E-state index in [0.717, 1.165) is 25.9 Å². The minimum Gasteiger partial charge on any atom is -0.341 e. The number of nitrogens with one attached hydrogen (secondary N) is 1. The molecule has 98 valence electrons. The molecule has 0 aliphatic carbocycles. The third kappa shape index (κ3) is 3.42. The molecule has 0 aromatic rings. The molecule has 17 heavy (non-hydrogen) atoms. The summed E-state index contributed by atoms with van der Waals surface area (Å²) in [4.78, 5) is 13.9. The molecular formula is C11H20N2O3S. The van der Waals surface area contributed by atoms with Crippen molar-refractivity contribution in [3.8, 4) is 0 Å². The maximum Gasteiger partial charge on any atom is 0.226 e. The number of amides is 1. The van der Waals surface area contributed by atoms with Crippen molar-refractivity contribution >= 4 is 15.7 Å². The summed E-state index contributed by atoms with van der Waals surface area (Å²) in [5, 5.41) is 3.22. The van der Waals surface area contributed by atoms with E-state index in [2.05, 4.69) is 5.32 Å². The smallest absolute Gasteiger partial charge is 0.226 e. The highest BCUT2D eigenvalue weighted by Gasteiger charge is 2.28. The molecule has 2 saturated heterocycles. The van der Waals surface area contributed by atoms with Crippen molar-refractivity contribution < 1.29 is 13.2 Å². The van der Waals surface area contributed by atoms with Gasteiger partial charge in [0, 0.05) is 19.6 Å². The quantitative estimate of drug-likeness (QED) is 0.699. The SMILES string of the molecule is O=C([C@H]1CCCNC1)N1CCCS(=O)(=O)CC1. The predicted molar refractivity (Wildman–Crippen MR) is 65.4 cm³/mol. The molecule has 2 aliphatic rings. The Labute approximate surface area is 102 Å². The van der Waals surface area contributed by atoms with Crippen LogP contribution in [-0.2, 0) is 14.6 Å². The second-order valence-electron chi connectivity index (χ2n) is 4.87. The Balaban J connectivity index is 1.95. The van der Waals surface area contributed by atoms with Crippen LogP contribution in [0.15, 0.2) is 0 Å². The van der Waals surface area contributed by atoms with E-state index >= 15 is 0 Å². The summed E-state index contributed by atoms with van der Waals surface area (Å²) in [7, 11) is -2.93. The standard InChI is InChI=1S/C11H20N2O3S/c14-11(10-3-1-4-12-9-10)13-5-2-7-17(15,16)8-6-13/h10,12H,1-9H2/t10-/m0/s1. The summed E-state index contributed by atoms with van der Waals surface area (Å²) in [6.07, 6.45) is 2.53. The van der Waals surface area contributed by atoms with Gasteiger partial charge >= 0.3 is 0 Å². The topological polar surface area (TPSA) is 66.5 Å². The molecule has 1 N–H and O–H groups in total. The number of carbonyl (C=O) groups excluding carboxylic acids is 1. The highest BCUT2D eigenvalue weighted by atomic mass is 32.2. The van der Waals surface area contributed by atoms with Crippen LogP contribution in [0.3, 0.4) is 0 Å². The van der Waals surface area contributed by atoms with Crippen molar-refractivity contribution in [2.24, 2.45) is 5.92 Å². The van der Waals surface area contributed by atoms with Gasteiger partial charge in [-0.3, -0.25) is 4.79 Å². The van der Waals surface area contributed by atoms with Gasteiger partial charge in [0.25, 0.3) is 0 Å². The lowest BCUT2D eigenvalue weighted by atomic mass is 9.98. The fraction of sp³-hybridized carbons (Fsp3) is 0.909. The molecule has 1 amide bonds. The van der Waals surface area contributed by atoms with E-state index in [-0.39, 0.29) is 23.3 Å². The second kappa shape index (κ2) is 5.35. The van der Waals surface area contributed by atoms with Crippen LogP contribution in [0, 0.1) is 5.92 Å². The van der Waals surface area contributed by atoms with Gasteiger partial charge in [-0.2, -0.15) is 0 Å². The molecule has 0 bridgehead atoms. The first-order valence-electron chi connectivity index (χ1n) is 6.28. The molecule has 0 aromatic carbocycles. The zero-order chi connectivity index (χ0) is 12.3. The number of nitrogens with zero attached hydrogens (tertiary/aromatic N) is 1. The molecule has 0 radical (unpaired) electrons. The highest BCUT2D eigenvalue weighted by Crippen LogP contribution is 2.15. The van der Waals surface area contributed by atoms with Crippen LogP contribution in [0.2, 0.25) is 0 Å². The molecule has 1 atom stereocenters. The van der Waals surface area contributed by atoms with E-state index in [1.54, 1.807) is 4.90 Å². The van der Waals surface area contributed by atoms with Crippen molar-refractivity contribution in [3.63, 3.8) is 0 Å². The van der Waals surface area contributed by atoms with Crippen molar-refractivity contribution in [1.82, 2.24) is 10.2 Å². The van der Waals surface area contributed by atoms with Crippen LogP contribution in [0.25, 0.3) is 0 Å². The maximum absolute atomic E-state index is 12.2. The fourth-order valence-electron chi connectivity index (χ4n) is 2.48. The van der Waals surface area contributed by atoms with Gasteiger partial charge in [-0.25, -0.2) is 8.42 Å². The number of hydrogen-bond donors (Lipinski definition) is 1. The van der Waals surface area contributed by atoms with E-state index in [9.17, 15) is 13.2 Å². The minimum absolute atomic E-state index is 0.0459. The summed E-state index contributed by atoms with van der Waals surface area (Å²) >= 11 is 0. The minimum atomic E-state index is -2.93. The molecule has 0 spiro atoms. The Morgan fingerprint density at radius 3 is 2.71 bits per heavy atom. The number of rotatable bonds is 1. The number of sulfone groups is 1. The van der Waals surface area contributed by atoms with Gasteiger partial charge in [-0.05, 0) is 25.8 Å². The number of piperidine rings is 1. The van der Waals surface area contributed by atoms with Crippen LogP contribution in [0.5, 0.6) is 0 Å². The predicted octanol–water partition coefficient (Wildman–Crippen LogP) is -0.367. The summed E-state index contributed by atoms with van der Waals surface area (Å²) < 4.78 is 22.9. The van der Waals surface area contributed by atoms with Gasteiger partial charge in [0.15, 0.2) is 9.84 Å². The summed E-state index contributed by atoms with van der Waals surface area (Å²) in [5.74, 6) is 0.525. The number of carbonyl (C=O) groups is 1. The molecule has 2 rings (SSSR count). The zero-order valence-corrected chi connectivity index (χ0v) is 10.8. The molecule has 2 aliphatic heterocycles. The molecule has 0 aromatic heterocycles. The fourth-order valence-corrected chi connectivity index (χ4v) is 3.75. The molecule has 0 saturated carbocycles. The Kier molecular flexibility index (Phi) is 4.04. The summed E-state index contributed by atoms with van der Waals surface area (Å²) in [6, 6.07) is 0. The molecular weight excluding hydrogens is 240 g/mol. The Morgan fingerprint density at radius 2 is 2.00 bits per heavy atom. The zero-order valence-electron chi connectivity index (χ0n) is 10.0. The molecule has 2 fully saturated rings. The van der Waals surface area contributed by atoms with Gasteiger partial charge in [0.05, 0.1) is 17.4 Å². The lowest BCUT2D eigenvalue weighted by Gasteiger charge is -2.28. The third-order valence-electron chi connectivity index (χ3n) is 3.51. The van der Waals surface area contributed by atoms with Crippen molar-refractivity contribution in [3.05, 3.63) is 0 Å². The maximum atomic E-state index is 12.2. The Hall–Kier alpha value is -0.620. The third-order valence-corrected chi connectivity index (χ3v) is 5.23. The van der Waals surface area contributed by atoms with Gasteiger partial charge in [-0.15, -0.1) is 0 Å². The Bertz CT molecular complexity index is 374. The van der Waals surface area contributed by atoms with Crippen LogP contribution in [0.1, 0.15) is 19.3 Å².